The Kier molecular flexibility index (Phi) is 4.88. The molecule has 134 valence electrons. The third-order valence-corrected chi connectivity index (χ3v) is 3.94. The molecule has 0 aliphatic rings. The maximum absolute atomic E-state index is 12.6. The monoisotopic (exact) mass is 354 g/mol. The van der Waals surface area contributed by atoms with E-state index in [4.69, 9.17) is 9.47 Å². The Balaban J connectivity index is 2.16. The standard InChI is InChI=1S/C19H18N2O5/c1-3-26-19(24)14-11-21(10-12-4-6-13(25-2)7-5-12)17-15(22)8-9-20-16(17)18(14)23/h4-9,11H,3,10H2,1-2H3,(H,20,22). The molecule has 0 aliphatic carbocycles. The minimum atomic E-state index is -0.715. The molecule has 0 aliphatic heterocycles. The number of hydrogen-bond acceptors (Lipinski definition) is 6. The van der Waals surface area contributed by atoms with Gasteiger partial charge in [-0.1, -0.05) is 12.1 Å². The van der Waals surface area contributed by atoms with E-state index in [2.05, 4.69) is 4.98 Å². The number of rotatable bonds is 5. The average molecular weight is 354 g/mol. The van der Waals surface area contributed by atoms with Gasteiger partial charge in [0.25, 0.3) is 0 Å². The van der Waals surface area contributed by atoms with Crippen molar-refractivity contribution >= 4 is 17.0 Å². The van der Waals surface area contributed by atoms with Crippen LogP contribution in [0, 0.1) is 0 Å². The molecule has 0 saturated carbocycles. The Morgan fingerprint density at radius 1 is 1.23 bits per heavy atom. The Morgan fingerprint density at radius 2 is 1.96 bits per heavy atom. The summed E-state index contributed by atoms with van der Waals surface area (Å²) in [6, 6.07) is 8.74. The summed E-state index contributed by atoms with van der Waals surface area (Å²) in [5.74, 6) is -0.0840. The van der Waals surface area contributed by atoms with Crippen molar-refractivity contribution in [3.05, 3.63) is 64.1 Å². The highest BCUT2D eigenvalue weighted by Crippen LogP contribution is 2.23. The minimum Gasteiger partial charge on any atom is -0.506 e. The number of ether oxygens (including phenoxy) is 2. The highest BCUT2D eigenvalue weighted by molar-refractivity contribution is 5.93. The minimum absolute atomic E-state index is 0.0177. The highest BCUT2D eigenvalue weighted by Gasteiger charge is 2.19. The first-order valence-corrected chi connectivity index (χ1v) is 8.06. The molecule has 0 atom stereocenters. The van der Waals surface area contributed by atoms with Crippen LogP contribution < -0.4 is 10.2 Å². The van der Waals surface area contributed by atoms with Gasteiger partial charge in [-0.2, -0.15) is 0 Å². The van der Waals surface area contributed by atoms with Crippen LogP contribution in [0.5, 0.6) is 11.5 Å². The molecule has 1 aromatic carbocycles. The van der Waals surface area contributed by atoms with E-state index in [9.17, 15) is 14.7 Å². The third kappa shape index (κ3) is 3.23. The Hall–Kier alpha value is -3.35. The fourth-order valence-corrected chi connectivity index (χ4v) is 2.71. The quantitative estimate of drug-likeness (QED) is 0.707. The lowest BCUT2D eigenvalue weighted by atomic mass is 10.1. The Bertz CT molecular complexity index is 1010. The van der Waals surface area contributed by atoms with Crippen LogP contribution in [0.4, 0.5) is 0 Å². The third-order valence-electron chi connectivity index (χ3n) is 3.94. The van der Waals surface area contributed by atoms with Crippen molar-refractivity contribution in [2.24, 2.45) is 0 Å². The van der Waals surface area contributed by atoms with Gasteiger partial charge in [-0.3, -0.25) is 9.78 Å². The number of pyridine rings is 2. The second-order valence-corrected chi connectivity index (χ2v) is 5.60. The predicted octanol–water partition coefficient (Wildman–Crippen LogP) is 2.34. The van der Waals surface area contributed by atoms with Crippen LogP contribution >= 0.6 is 0 Å². The van der Waals surface area contributed by atoms with Crippen LogP contribution in [0.25, 0.3) is 11.0 Å². The number of benzene rings is 1. The maximum atomic E-state index is 12.6. The number of carbonyl (C=O) groups is 1. The molecular weight excluding hydrogens is 336 g/mol. The second kappa shape index (κ2) is 7.26. The second-order valence-electron chi connectivity index (χ2n) is 5.60. The van der Waals surface area contributed by atoms with Crippen molar-refractivity contribution in [2.75, 3.05) is 13.7 Å². The molecule has 0 radical (unpaired) electrons. The lowest BCUT2D eigenvalue weighted by molar-refractivity contribution is 0.0524. The van der Waals surface area contributed by atoms with Crippen molar-refractivity contribution in [3.63, 3.8) is 0 Å². The molecule has 3 rings (SSSR count). The van der Waals surface area contributed by atoms with Gasteiger partial charge in [0, 0.05) is 25.0 Å². The van der Waals surface area contributed by atoms with Gasteiger partial charge < -0.3 is 19.1 Å². The Labute approximate surface area is 149 Å². The number of methoxy groups -OCH3 is 1. The molecule has 0 spiro atoms. The van der Waals surface area contributed by atoms with E-state index >= 15 is 0 Å². The number of esters is 1. The van der Waals surface area contributed by atoms with E-state index in [-0.39, 0.29) is 29.0 Å². The smallest absolute Gasteiger partial charge is 0.343 e. The average Bonchev–Trinajstić information content (AvgIpc) is 2.65. The van der Waals surface area contributed by atoms with Crippen molar-refractivity contribution in [1.29, 1.82) is 0 Å². The topological polar surface area (TPSA) is 90.7 Å². The number of nitrogens with zero attached hydrogens (tertiary/aromatic N) is 2. The van der Waals surface area contributed by atoms with E-state index in [1.165, 1.54) is 18.5 Å². The van der Waals surface area contributed by atoms with Crippen molar-refractivity contribution in [2.45, 2.75) is 13.5 Å². The summed E-state index contributed by atoms with van der Waals surface area (Å²) in [7, 11) is 1.58. The first kappa shape index (κ1) is 17.5. The summed E-state index contributed by atoms with van der Waals surface area (Å²) >= 11 is 0. The summed E-state index contributed by atoms with van der Waals surface area (Å²) < 4.78 is 11.7. The van der Waals surface area contributed by atoms with Crippen LogP contribution in [-0.2, 0) is 11.3 Å². The van der Waals surface area contributed by atoms with Gasteiger partial charge >= 0.3 is 5.97 Å². The Morgan fingerprint density at radius 3 is 2.62 bits per heavy atom. The van der Waals surface area contributed by atoms with Gasteiger partial charge in [0.05, 0.1) is 13.7 Å². The van der Waals surface area contributed by atoms with Crippen molar-refractivity contribution in [3.8, 4) is 11.5 Å². The van der Waals surface area contributed by atoms with Gasteiger partial charge in [-0.05, 0) is 24.6 Å². The van der Waals surface area contributed by atoms with Crippen LogP contribution in [0.15, 0.2) is 47.5 Å². The van der Waals surface area contributed by atoms with Crippen LogP contribution in [0.1, 0.15) is 22.8 Å². The molecule has 2 aromatic heterocycles. The summed E-state index contributed by atoms with van der Waals surface area (Å²) in [6.07, 6.45) is 2.72. The van der Waals surface area contributed by atoms with Crippen LogP contribution in [0.2, 0.25) is 0 Å². The van der Waals surface area contributed by atoms with Gasteiger partial charge in [-0.25, -0.2) is 4.79 Å². The largest absolute Gasteiger partial charge is 0.506 e. The van der Waals surface area contributed by atoms with E-state index in [1.54, 1.807) is 18.6 Å². The highest BCUT2D eigenvalue weighted by atomic mass is 16.5. The van der Waals surface area contributed by atoms with E-state index < -0.39 is 11.4 Å². The summed E-state index contributed by atoms with van der Waals surface area (Å²) in [5.41, 5.74) is 0.491. The molecule has 1 N–H and O–H groups in total. The van der Waals surface area contributed by atoms with Gasteiger partial charge in [0.1, 0.15) is 28.1 Å². The fraction of sp³-hybridized carbons (Fsp3) is 0.211. The maximum Gasteiger partial charge on any atom is 0.343 e. The lowest BCUT2D eigenvalue weighted by Crippen LogP contribution is -2.22. The van der Waals surface area contributed by atoms with E-state index in [0.717, 1.165) is 11.3 Å². The molecule has 0 amide bonds. The summed E-state index contributed by atoms with van der Waals surface area (Å²) in [4.78, 5) is 28.8. The molecule has 0 saturated heterocycles. The molecule has 3 aromatic rings. The van der Waals surface area contributed by atoms with Crippen molar-refractivity contribution < 1.29 is 19.4 Å². The molecule has 26 heavy (non-hydrogen) atoms. The number of aromatic nitrogens is 2. The molecular formula is C19H18N2O5. The molecule has 0 fully saturated rings. The first-order valence-electron chi connectivity index (χ1n) is 8.06. The van der Waals surface area contributed by atoms with Gasteiger partial charge in [0.2, 0.25) is 5.43 Å². The molecule has 7 heteroatoms. The summed E-state index contributed by atoms with van der Waals surface area (Å²) in [5, 5.41) is 10.2. The zero-order valence-electron chi connectivity index (χ0n) is 14.4. The van der Waals surface area contributed by atoms with Crippen LogP contribution in [0.3, 0.4) is 0 Å². The number of fused-ring (bicyclic) bond motifs is 1. The number of carbonyl (C=O) groups excluding carboxylic acids is 1. The van der Waals surface area contributed by atoms with E-state index in [0.29, 0.717) is 6.54 Å². The van der Waals surface area contributed by atoms with Crippen molar-refractivity contribution in [1.82, 2.24) is 9.55 Å². The number of aromatic hydroxyl groups is 1. The molecule has 0 bridgehead atoms. The van der Waals surface area contributed by atoms with Gasteiger partial charge in [-0.15, -0.1) is 0 Å². The molecule has 7 nitrogen and oxygen atoms in total. The lowest BCUT2D eigenvalue weighted by Gasteiger charge is -2.14. The van der Waals surface area contributed by atoms with E-state index in [1.807, 2.05) is 24.3 Å². The summed E-state index contributed by atoms with van der Waals surface area (Å²) in [6.45, 7) is 2.15. The first-order chi connectivity index (χ1) is 12.5. The predicted molar refractivity (Wildman–Crippen MR) is 95.7 cm³/mol. The SMILES string of the molecule is CCOC(=O)c1cn(Cc2ccc(OC)cc2)c2c(O)ccnc2c1=O. The molecule has 2 heterocycles. The van der Waals surface area contributed by atoms with Crippen LogP contribution in [-0.4, -0.2) is 34.3 Å². The molecule has 0 unspecified atom stereocenters. The van der Waals surface area contributed by atoms with Gasteiger partial charge in [0.15, 0.2) is 0 Å². The fourth-order valence-electron chi connectivity index (χ4n) is 2.71. The number of hydrogen-bond donors (Lipinski definition) is 1. The zero-order valence-corrected chi connectivity index (χ0v) is 14.4. The normalized spacial score (nSPS) is 10.7. The zero-order chi connectivity index (χ0) is 18.7.